The smallest absolute Gasteiger partial charge is 0.251 e. The molecule has 1 atom stereocenters. The fourth-order valence-corrected chi connectivity index (χ4v) is 3.24. The molecular weight excluding hydrogens is 368 g/mol. The van der Waals surface area contributed by atoms with Crippen molar-refractivity contribution in [3.8, 4) is 0 Å². The minimum atomic E-state index is -0.547. The van der Waals surface area contributed by atoms with E-state index < -0.39 is 6.04 Å². The van der Waals surface area contributed by atoms with Crippen molar-refractivity contribution in [1.29, 1.82) is 0 Å². The van der Waals surface area contributed by atoms with E-state index in [0.29, 0.717) is 18.5 Å². The zero-order chi connectivity index (χ0) is 20.6. The largest absolute Gasteiger partial charge is 0.350 e. The molecule has 150 valence electrons. The highest BCUT2D eigenvalue weighted by Gasteiger charge is 2.21. The van der Waals surface area contributed by atoms with Crippen molar-refractivity contribution in [2.75, 3.05) is 12.0 Å². The van der Waals surface area contributed by atoms with E-state index in [2.05, 4.69) is 43.5 Å². The Morgan fingerprint density at radius 2 is 1.64 bits per heavy atom. The van der Waals surface area contributed by atoms with Gasteiger partial charge in [0.1, 0.15) is 6.04 Å². The molecule has 0 aliphatic heterocycles. The number of amides is 2. The average Bonchev–Trinajstić information content (AvgIpc) is 2.69. The molecule has 2 N–H and O–H groups in total. The highest BCUT2D eigenvalue weighted by molar-refractivity contribution is 7.98. The first-order valence-corrected chi connectivity index (χ1v) is 10.9. The van der Waals surface area contributed by atoms with E-state index in [4.69, 9.17) is 0 Å². The molecule has 2 aromatic rings. The Morgan fingerprint density at radius 3 is 2.21 bits per heavy atom. The number of hydrogen-bond acceptors (Lipinski definition) is 3. The molecule has 0 spiro atoms. The van der Waals surface area contributed by atoms with Crippen molar-refractivity contribution >= 4 is 23.6 Å². The van der Waals surface area contributed by atoms with Gasteiger partial charge in [-0.15, -0.1) is 0 Å². The number of hydrogen-bond donors (Lipinski definition) is 2. The molecule has 0 radical (unpaired) electrons. The van der Waals surface area contributed by atoms with Crippen molar-refractivity contribution in [3.63, 3.8) is 0 Å². The first-order chi connectivity index (χ1) is 13.3. The van der Waals surface area contributed by atoms with Gasteiger partial charge in [-0.05, 0) is 47.1 Å². The monoisotopic (exact) mass is 398 g/mol. The zero-order valence-electron chi connectivity index (χ0n) is 17.1. The number of thioether (sulfide) groups is 1. The SMILES string of the molecule is CSCC[C@H](NC(=O)c1ccccc1)C(=O)NCc1ccc(C(C)(C)C)cc1. The molecule has 2 rings (SSSR count). The Hall–Kier alpha value is -2.27. The minimum Gasteiger partial charge on any atom is -0.350 e. The molecule has 0 fully saturated rings. The molecule has 0 unspecified atom stereocenters. The third-order valence-corrected chi connectivity index (χ3v) is 5.20. The van der Waals surface area contributed by atoms with Gasteiger partial charge in [0.15, 0.2) is 0 Å². The molecule has 0 saturated carbocycles. The van der Waals surface area contributed by atoms with E-state index in [0.717, 1.165) is 11.3 Å². The molecule has 0 aliphatic rings. The summed E-state index contributed by atoms with van der Waals surface area (Å²) in [6, 6.07) is 16.7. The topological polar surface area (TPSA) is 58.2 Å². The van der Waals surface area contributed by atoms with Gasteiger partial charge in [-0.1, -0.05) is 63.2 Å². The van der Waals surface area contributed by atoms with Crippen molar-refractivity contribution in [3.05, 3.63) is 71.3 Å². The lowest BCUT2D eigenvalue weighted by Crippen LogP contribution is -2.46. The van der Waals surface area contributed by atoms with Gasteiger partial charge in [0.25, 0.3) is 5.91 Å². The summed E-state index contributed by atoms with van der Waals surface area (Å²) in [6.45, 7) is 6.97. The van der Waals surface area contributed by atoms with Crippen molar-refractivity contribution < 1.29 is 9.59 Å². The van der Waals surface area contributed by atoms with Gasteiger partial charge in [0.05, 0.1) is 0 Å². The van der Waals surface area contributed by atoms with E-state index in [1.54, 1.807) is 23.9 Å². The summed E-state index contributed by atoms with van der Waals surface area (Å²) < 4.78 is 0. The second-order valence-corrected chi connectivity index (χ2v) is 8.82. The minimum absolute atomic E-state index is 0.104. The molecule has 0 aromatic heterocycles. The summed E-state index contributed by atoms with van der Waals surface area (Å²) in [4.78, 5) is 25.1. The van der Waals surface area contributed by atoms with Gasteiger partial charge in [-0.3, -0.25) is 9.59 Å². The summed E-state index contributed by atoms with van der Waals surface area (Å²) in [6.07, 6.45) is 2.58. The van der Waals surface area contributed by atoms with Gasteiger partial charge in [-0.2, -0.15) is 11.8 Å². The normalized spacial score (nSPS) is 12.3. The van der Waals surface area contributed by atoms with Crippen LogP contribution in [0.15, 0.2) is 54.6 Å². The van der Waals surface area contributed by atoms with Gasteiger partial charge in [0, 0.05) is 12.1 Å². The maximum absolute atomic E-state index is 12.7. The van der Waals surface area contributed by atoms with E-state index in [1.165, 1.54) is 5.56 Å². The molecule has 0 saturated heterocycles. The lowest BCUT2D eigenvalue weighted by Gasteiger charge is -2.20. The average molecular weight is 399 g/mol. The molecule has 28 heavy (non-hydrogen) atoms. The van der Waals surface area contributed by atoms with Crippen LogP contribution in [-0.2, 0) is 16.8 Å². The summed E-state index contributed by atoms with van der Waals surface area (Å²) in [5.74, 6) is 0.419. The van der Waals surface area contributed by atoms with Gasteiger partial charge < -0.3 is 10.6 Å². The molecule has 0 bridgehead atoms. The molecule has 0 heterocycles. The van der Waals surface area contributed by atoms with Crippen LogP contribution in [0.3, 0.4) is 0 Å². The molecular formula is C23H30N2O2S. The summed E-state index contributed by atoms with van der Waals surface area (Å²) in [5, 5.41) is 5.83. The predicted molar refractivity (Wildman–Crippen MR) is 118 cm³/mol. The summed E-state index contributed by atoms with van der Waals surface area (Å²) >= 11 is 1.66. The fourth-order valence-electron chi connectivity index (χ4n) is 2.77. The molecule has 0 aliphatic carbocycles. The predicted octanol–water partition coefficient (Wildman–Crippen LogP) is 4.15. The quantitative estimate of drug-likeness (QED) is 0.702. The third kappa shape index (κ3) is 6.71. The third-order valence-electron chi connectivity index (χ3n) is 4.56. The Morgan fingerprint density at radius 1 is 1.00 bits per heavy atom. The molecule has 4 nitrogen and oxygen atoms in total. The van der Waals surface area contributed by atoms with E-state index >= 15 is 0 Å². The van der Waals surface area contributed by atoms with Crippen LogP contribution < -0.4 is 10.6 Å². The van der Waals surface area contributed by atoms with Gasteiger partial charge >= 0.3 is 0 Å². The van der Waals surface area contributed by atoms with Crippen LogP contribution in [0.2, 0.25) is 0 Å². The van der Waals surface area contributed by atoms with Crippen LogP contribution >= 0.6 is 11.8 Å². The van der Waals surface area contributed by atoms with Crippen LogP contribution in [0.1, 0.15) is 48.7 Å². The van der Waals surface area contributed by atoms with Crippen LogP contribution in [-0.4, -0.2) is 29.9 Å². The maximum atomic E-state index is 12.7. The Bertz CT molecular complexity index is 767. The lowest BCUT2D eigenvalue weighted by atomic mass is 9.87. The molecule has 2 aromatic carbocycles. The Balaban J connectivity index is 1.97. The first-order valence-electron chi connectivity index (χ1n) is 9.53. The van der Waals surface area contributed by atoms with Crippen LogP contribution in [0.25, 0.3) is 0 Å². The van der Waals surface area contributed by atoms with Crippen LogP contribution in [0, 0.1) is 0 Å². The Kier molecular flexibility index (Phi) is 8.12. The number of rotatable bonds is 8. The van der Waals surface area contributed by atoms with Gasteiger partial charge in [-0.25, -0.2) is 0 Å². The van der Waals surface area contributed by atoms with E-state index in [9.17, 15) is 9.59 Å². The highest BCUT2D eigenvalue weighted by atomic mass is 32.2. The Labute approximate surface area is 172 Å². The maximum Gasteiger partial charge on any atom is 0.251 e. The van der Waals surface area contributed by atoms with Crippen molar-refractivity contribution in [2.45, 2.75) is 45.2 Å². The van der Waals surface area contributed by atoms with E-state index in [-0.39, 0.29) is 17.2 Å². The second-order valence-electron chi connectivity index (χ2n) is 7.84. The highest BCUT2D eigenvalue weighted by Crippen LogP contribution is 2.22. The first kappa shape index (κ1) is 22.0. The number of carbonyl (C=O) groups excluding carboxylic acids is 2. The summed E-state index contributed by atoms with van der Waals surface area (Å²) in [5.41, 5.74) is 2.96. The zero-order valence-corrected chi connectivity index (χ0v) is 17.9. The van der Waals surface area contributed by atoms with Gasteiger partial charge in [0.2, 0.25) is 5.91 Å². The standard InChI is InChI=1S/C23H30N2O2S/c1-23(2,3)19-12-10-17(11-13-19)16-24-22(27)20(14-15-28-4)25-21(26)18-8-6-5-7-9-18/h5-13,20H,14-16H2,1-4H3,(H,24,27)(H,25,26)/t20-/m0/s1. The number of nitrogens with one attached hydrogen (secondary N) is 2. The van der Waals surface area contributed by atoms with Crippen LogP contribution in [0.5, 0.6) is 0 Å². The van der Waals surface area contributed by atoms with Crippen molar-refractivity contribution in [1.82, 2.24) is 10.6 Å². The second kappa shape index (κ2) is 10.3. The molecule has 5 heteroatoms. The fraction of sp³-hybridized carbons (Fsp3) is 0.391. The number of carbonyl (C=O) groups is 2. The van der Waals surface area contributed by atoms with Crippen molar-refractivity contribution in [2.24, 2.45) is 0 Å². The number of benzene rings is 2. The van der Waals surface area contributed by atoms with E-state index in [1.807, 2.05) is 36.6 Å². The lowest BCUT2D eigenvalue weighted by molar-refractivity contribution is -0.123. The van der Waals surface area contributed by atoms with Crippen LogP contribution in [0.4, 0.5) is 0 Å². The summed E-state index contributed by atoms with van der Waals surface area (Å²) in [7, 11) is 0. The molecule has 2 amide bonds.